The number of fused-ring (bicyclic) bond motifs is 2. The zero-order valence-electron chi connectivity index (χ0n) is 18.5. The Morgan fingerprint density at radius 1 is 0.758 bits per heavy atom. The van der Waals surface area contributed by atoms with E-state index in [1.54, 1.807) is 4.90 Å². The van der Waals surface area contributed by atoms with Gasteiger partial charge in [-0.15, -0.1) is 0 Å². The first kappa shape index (κ1) is 20.7. The molecule has 0 spiro atoms. The van der Waals surface area contributed by atoms with Crippen molar-refractivity contribution in [2.24, 2.45) is 4.99 Å². The van der Waals surface area contributed by atoms with Gasteiger partial charge in [0, 0.05) is 29.6 Å². The highest BCUT2D eigenvalue weighted by atomic mass is 16.2. The Morgan fingerprint density at radius 3 is 1.94 bits per heavy atom. The van der Waals surface area contributed by atoms with Gasteiger partial charge in [-0.25, -0.2) is 0 Å². The van der Waals surface area contributed by atoms with Crippen LogP contribution in [0.25, 0.3) is 21.5 Å². The van der Waals surface area contributed by atoms with E-state index in [1.807, 2.05) is 67.7 Å². The number of aliphatic imine (C=N–C) groups is 1. The number of rotatable bonds is 5. The minimum absolute atomic E-state index is 0.0146. The van der Waals surface area contributed by atoms with E-state index in [0.29, 0.717) is 12.1 Å². The fourth-order valence-electron chi connectivity index (χ4n) is 4.22. The second-order valence-electron chi connectivity index (χ2n) is 7.92. The Labute approximate surface area is 193 Å². The van der Waals surface area contributed by atoms with Gasteiger partial charge in [-0.2, -0.15) is 0 Å². The van der Waals surface area contributed by atoms with E-state index in [-0.39, 0.29) is 5.91 Å². The largest absolute Gasteiger partial charge is 0.309 e. The second-order valence-corrected chi connectivity index (χ2v) is 7.92. The average Bonchev–Trinajstić information content (AvgIpc) is 2.88. The quantitative estimate of drug-likeness (QED) is 0.212. The van der Waals surface area contributed by atoms with Crippen LogP contribution < -0.4 is 4.90 Å². The van der Waals surface area contributed by atoms with E-state index in [4.69, 9.17) is 4.99 Å². The monoisotopic (exact) mass is 428 g/mol. The number of para-hydroxylation sites is 1. The first-order valence-corrected chi connectivity index (χ1v) is 11.2. The summed E-state index contributed by atoms with van der Waals surface area (Å²) in [6.07, 6.45) is 1.93. The standard InChI is InChI=1S/C30H24N2O/c1-2-32(26-12-4-3-5-13-26)30(33)22-16-18-25(19-17-22)31-21-29-27-14-8-6-10-23(27)20-24-11-7-9-15-28(24)29/h3-21H,2H2,1H3. The summed E-state index contributed by atoms with van der Waals surface area (Å²) < 4.78 is 0. The van der Waals surface area contributed by atoms with Gasteiger partial charge in [0.1, 0.15) is 0 Å². The van der Waals surface area contributed by atoms with Crippen molar-refractivity contribution in [1.29, 1.82) is 0 Å². The van der Waals surface area contributed by atoms with Crippen molar-refractivity contribution < 1.29 is 4.79 Å². The van der Waals surface area contributed by atoms with Gasteiger partial charge in [0.15, 0.2) is 0 Å². The molecular formula is C30H24N2O. The van der Waals surface area contributed by atoms with E-state index in [0.717, 1.165) is 16.9 Å². The van der Waals surface area contributed by atoms with Crippen molar-refractivity contribution >= 4 is 45.0 Å². The highest BCUT2D eigenvalue weighted by Gasteiger charge is 2.15. The Balaban J connectivity index is 1.46. The maximum Gasteiger partial charge on any atom is 0.258 e. The van der Waals surface area contributed by atoms with E-state index in [1.165, 1.54) is 21.5 Å². The molecule has 5 rings (SSSR count). The Bertz CT molecular complexity index is 1400. The molecule has 0 aromatic heterocycles. The fraction of sp³-hybridized carbons (Fsp3) is 0.0667. The van der Waals surface area contributed by atoms with E-state index in [9.17, 15) is 4.79 Å². The topological polar surface area (TPSA) is 32.7 Å². The summed E-state index contributed by atoms with van der Waals surface area (Å²) in [6.45, 7) is 2.59. The van der Waals surface area contributed by atoms with Gasteiger partial charge >= 0.3 is 0 Å². The number of carbonyl (C=O) groups is 1. The number of carbonyl (C=O) groups excluding carboxylic acids is 1. The first-order chi connectivity index (χ1) is 16.2. The third kappa shape index (κ3) is 4.13. The van der Waals surface area contributed by atoms with Gasteiger partial charge in [-0.1, -0.05) is 66.7 Å². The molecule has 5 aromatic rings. The molecular weight excluding hydrogens is 404 g/mol. The molecule has 160 valence electrons. The van der Waals surface area contributed by atoms with Crippen LogP contribution in [0.4, 0.5) is 11.4 Å². The molecule has 0 saturated heterocycles. The highest BCUT2D eigenvalue weighted by molar-refractivity contribution is 6.13. The van der Waals surface area contributed by atoms with Crippen molar-refractivity contribution in [2.75, 3.05) is 11.4 Å². The zero-order valence-corrected chi connectivity index (χ0v) is 18.5. The van der Waals surface area contributed by atoms with Gasteiger partial charge < -0.3 is 4.90 Å². The maximum absolute atomic E-state index is 13.0. The molecule has 0 N–H and O–H groups in total. The van der Waals surface area contributed by atoms with E-state index >= 15 is 0 Å². The van der Waals surface area contributed by atoms with Gasteiger partial charge in [-0.05, 0) is 70.9 Å². The summed E-state index contributed by atoms with van der Waals surface area (Å²) in [5.74, 6) is -0.0146. The Hall–Kier alpha value is -4.24. The molecule has 0 heterocycles. The Kier molecular flexibility index (Phi) is 5.69. The molecule has 3 nitrogen and oxygen atoms in total. The van der Waals surface area contributed by atoms with Crippen LogP contribution in [0.2, 0.25) is 0 Å². The van der Waals surface area contributed by atoms with Gasteiger partial charge in [0.05, 0.1) is 5.69 Å². The SMILES string of the molecule is CCN(C(=O)c1ccc(N=Cc2c3ccccc3cc3ccccc23)cc1)c1ccccc1. The molecule has 5 aromatic carbocycles. The number of hydrogen-bond acceptors (Lipinski definition) is 2. The molecule has 0 atom stereocenters. The summed E-state index contributed by atoms with van der Waals surface area (Å²) in [5, 5.41) is 4.74. The van der Waals surface area contributed by atoms with Crippen molar-refractivity contribution in [2.45, 2.75) is 6.92 Å². The first-order valence-electron chi connectivity index (χ1n) is 11.2. The highest BCUT2D eigenvalue weighted by Crippen LogP contribution is 2.28. The molecule has 1 amide bonds. The van der Waals surface area contributed by atoms with Crippen molar-refractivity contribution in [3.63, 3.8) is 0 Å². The predicted molar refractivity (Wildman–Crippen MR) is 139 cm³/mol. The van der Waals surface area contributed by atoms with Crippen LogP contribution in [-0.4, -0.2) is 18.7 Å². The lowest BCUT2D eigenvalue weighted by molar-refractivity contribution is 0.0988. The lowest BCUT2D eigenvalue weighted by atomic mass is 9.97. The minimum Gasteiger partial charge on any atom is -0.309 e. The van der Waals surface area contributed by atoms with Crippen LogP contribution in [0.3, 0.4) is 0 Å². The van der Waals surface area contributed by atoms with Crippen LogP contribution in [-0.2, 0) is 0 Å². The summed E-state index contributed by atoms with van der Waals surface area (Å²) in [5.41, 5.74) is 3.46. The van der Waals surface area contributed by atoms with Crippen molar-refractivity contribution in [3.05, 3.63) is 120 Å². The van der Waals surface area contributed by atoms with E-state index < -0.39 is 0 Å². The third-order valence-corrected chi connectivity index (χ3v) is 5.90. The van der Waals surface area contributed by atoms with Crippen LogP contribution >= 0.6 is 0 Å². The van der Waals surface area contributed by atoms with Gasteiger partial charge in [0.2, 0.25) is 0 Å². The van der Waals surface area contributed by atoms with Crippen LogP contribution in [0.15, 0.2) is 114 Å². The molecule has 0 radical (unpaired) electrons. The molecule has 0 unspecified atom stereocenters. The number of nitrogens with zero attached hydrogens (tertiary/aromatic N) is 2. The smallest absolute Gasteiger partial charge is 0.258 e. The van der Waals surface area contributed by atoms with Crippen LogP contribution in [0.1, 0.15) is 22.8 Å². The van der Waals surface area contributed by atoms with Crippen LogP contribution in [0, 0.1) is 0 Å². The average molecular weight is 429 g/mol. The fourth-order valence-corrected chi connectivity index (χ4v) is 4.22. The van der Waals surface area contributed by atoms with Gasteiger partial charge in [-0.3, -0.25) is 9.79 Å². The number of benzene rings is 5. The minimum atomic E-state index is -0.0146. The number of anilines is 1. The summed E-state index contributed by atoms with van der Waals surface area (Å²) in [4.78, 5) is 19.6. The maximum atomic E-state index is 13.0. The van der Waals surface area contributed by atoms with Crippen LogP contribution in [0.5, 0.6) is 0 Å². The molecule has 0 aliphatic rings. The lowest BCUT2D eigenvalue weighted by Gasteiger charge is -2.21. The molecule has 0 aliphatic heterocycles. The molecule has 3 heteroatoms. The molecule has 33 heavy (non-hydrogen) atoms. The normalized spacial score (nSPS) is 11.3. The second kappa shape index (κ2) is 9.09. The third-order valence-electron chi connectivity index (χ3n) is 5.90. The summed E-state index contributed by atoms with van der Waals surface area (Å²) >= 11 is 0. The zero-order chi connectivity index (χ0) is 22.6. The van der Waals surface area contributed by atoms with E-state index in [2.05, 4.69) is 54.6 Å². The molecule has 0 saturated carbocycles. The number of hydrogen-bond donors (Lipinski definition) is 0. The molecule has 0 aliphatic carbocycles. The summed E-state index contributed by atoms with van der Waals surface area (Å²) in [6, 6.07) is 36.2. The van der Waals surface area contributed by atoms with Crippen molar-refractivity contribution in [3.8, 4) is 0 Å². The summed E-state index contributed by atoms with van der Waals surface area (Å²) in [7, 11) is 0. The Morgan fingerprint density at radius 2 is 1.33 bits per heavy atom. The molecule has 0 fully saturated rings. The number of amides is 1. The van der Waals surface area contributed by atoms with Gasteiger partial charge in [0.25, 0.3) is 5.91 Å². The van der Waals surface area contributed by atoms with Crippen molar-refractivity contribution in [1.82, 2.24) is 0 Å². The predicted octanol–water partition coefficient (Wildman–Crippen LogP) is 7.41. The lowest BCUT2D eigenvalue weighted by Crippen LogP contribution is -2.30. The molecule has 0 bridgehead atoms.